The van der Waals surface area contributed by atoms with E-state index in [0.717, 1.165) is 23.9 Å². The maximum absolute atomic E-state index is 14.4. The predicted molar refractivity (Wildman–Crippen MR) is 176 cm³/mol. The van der Waals surface area contributed by atoms with Gasteiger partial charge in [0.25, 0.3) is 11.5 Å². The summed E-state index contributed by atoms with van der Waals surface area (Å²) in [6.45, 7) is 5.54. The van der Waals surface area contributed by atoms with E-state index in [2.05, 4.69) is 30.4 Å². The molecule has 260 valence electrons. The third-order valence-corrected chi connectivity index (χ3v) is 10.6. The third-order valence-electron chi connectivity index (χ3n) is 9.38. The van der Waals surface area contributed by atoms with Crippen molar-refractivity contribution >= 4 is 46.2 Å². The van der Waals surface area contributed by atoms with Crippen LogP contribution in [0.15, 0.2) is 34.7 Å². The van der Waals surface area contributed by atoms with E-state index in [1.165, 1.54) is 22.2 Å². The molecule has 2 amide bonds. The highest BCUT2D eigenvalue weighted by Crippen LogP contribution is 2.50. The number of alkyl halides is 3. The zero-order valence-corrected chi connectivity index (χ0v) is 28.4. The highest BCUT2D eigenvalue weighted by Gasteiger charge is 2.49. The van der Waals surface area contributed by atoms with Crippen LogP contribution in [0.4, 0.5) is 18.9 Å². The molecule has 2 N–H and O–H groups in total. The Morgan fingerprint density at radius 1 is 1.16 bits per heavy atom. The fraction of sp³-hybridized carbons (Fsp3) is 0.375. The van der Waals surface area contributed by atoms with Gasteiger partial charge in [0.15, 0.2) is 16.5 Å². The van der Waals surface area contributed by atoms with Crippen molar-refractivity contribution in [2.45, 2.75) is 64.1 Å². The molecule has 5 aromatic rings. The van der Waals surface area contributed by atoms with Gasteiger partial charge in [-0.3, -0.25) is 14.4 Å². The molecule has 1 fully saturated rings. The average Bonchev–Trinajstić information content (AvgIpc) is 3.77. The lowest BCUT2D eigenvalue weighted by Crippen LogP contribution is -2.46. The summed E-state index contributed by atoms with van der Waals surface area (Å²) in [6.07, 6.45) is -2.00. The number of hydrogen-bond donors (Lipinski definition) is 2. The first-order valence-corrected chi connectivity index (χ1v) is 16.9. The molecule has 2 aliphatic rings. The van der Waals surface area contributed by atoms with Crippen LogP contribution in [0, 0.1) is 13.8 Å². The number of hydrogen-bond acceptors (Lipinski definition) is 10. The molecule has 1 aliphatic carbocycles. The Labute approximate surface area is 290 Å². The molecule has 13 nitrogen and oxygen atoms in total. The van der Waals surface area contributed by atoms with Crippen molar-refractivity contribution in [3.05, 3.63) is 79.2 Å². The molecular formula is C32H29ClF3N9O4S. The third kappa shape index (κ3) is 5.67. The molecule has 50 heavy (non-hydrogen) atoms. The number of halogens is 4. The Balaban J connectivity index is 1.27. The smallest absolute Gasteiger partial charge is 0.416 e. The molecule has 1 unspecified atom stereocenters. The van der Waals surface area contributed by atoms with Gasteiger partial charge >= 0.3 is 6.18 Å². The number of aryl methyl sites for hydroxylation is 2. The van der Waals surface area contributed by atoms with Crippen molar-refractivity contribution in [1.29, 1.82) is 0 Å². The summed E-state index contributed by atoms with van der Waals surface area (Å²) in [5.74, 6) is -1.25. The summed E-state index contributed by atoms with van der Waals surface area (Å²) in [5.41, 5.74) is -0.0265. The van der Waals surface area contributed by atoms with E-state index in [-0.39, 0.29) is 65.0 Å². The van der Waals surface area contributed by atoms with E-state index in [1.807, 2.05) is 19.2 Å². The summed E-state index contributed by atoms with van der Waals surface area (Å²) in [4.78, 5) is 59.9. The van der Waals surface area contributed by atoms with Gasteiger partial charge in [-0.15, -0.1) is 16.4 Å². The average molecular weight is 728 g/mol. The molecule has 0 saturated carbocycles. The number of aromatic hydroxyl groups is 1. The first kappa shape index (κ1) is 33.6. The van der Waals surface area contributed by atoms with Crippen LogP contribution in [0.5, 0.6) is 5.75 Å². The van der Waals surface area contributed by atoms with Crippen molar-refractivity contribution in [3.63, 3.8) is 0 Å². The fourth-order valence-corrected chi connectivity index (χ4v) is 8.01. The number of nitrogens with one attached hydrogen (secondary N) is 1. The summed E-state index contributed by atoms with van der Waals surface area (Å²) in [6, 6.07) is 2.65. The number of anilines is 1. The van der Waals surface area contributed by atoms with E-state index >= 15 is 0 Å². The topological polar surface area (TPSA) is 160 Å². The summed E-state index contributed by atoms with van der Waals surface area (Å²) >= 11 is 7.44. The molecule has 0 bridgehead atoms. The van der Waals surface area contributed by atoms with Gasteiger partial charge in [-0.25, -0.2) is 15.0 Å². The molecule has 4 aromatic heterocycles. The largest absolute Gasteiger partial charge is 0.504 e. The molecule has 1 aromatic carbocycles. The summed E-state index contributed by atoms with van der Waals surface area (Å²) in [5, 5.41) is 19.6. The SMILES string of the molecule is Cc1csc(-c2nc3n(CC(=O)Nc4ccc(C(F)(F)F)cc4Cl)c4c(c(=O)n3n2)C2(CCN(C(=O)c3ncnc(C)c3O)CC2)CC4C)n1. The van der Waals surface area contributed by atoms with Gasteiger partial charge in [-0.2, -0.15) is 22.7 Å². The van der Waals surface area contributed by atoms with Crippen molar-refractivity contribution in [2.24, 2.45) is 0 Å². The predicted octanol–water partition coefficient (Wildman–Crippen LogP) is 5.12. The lowest BCUT2D eigenvalue weighted by Gasteiger charge is -2.39. The molecule has 5 heterocycles. The van der Waals surface area contributed by atoms with Gasteiger partial charge in [-0.05, 0) is 57.2 Å². The van der Waals surface area contributed by atoms with Crippen LogP contribution in [-0.4, -0.2) is 69.0 Å². The Bertz CT molecular complexity index is 2260. The Hall–Kier alpha value is -4.90. The van der Waals surface area contributed by atoms with Crippen LogP contribution in [0.2, 0.25) is 5.02 Å². The fourth-order valence-electron chi connectivity index (χ4n) is 7.06. The lowest BCUT2D eigenvalue weighted by atomic mass is 9.73. The second kappa shape index (κ2) is 12.2. The number of fused-ring (bicyclic) bond motifs is 3. The number of piperidine rings is 1. The van der Waals surface area contributed by atoms with Crippen molar-refractivity contribution in [1.82, 2.24) is 39.0 Å². The number of carbonyl (C=O) groups is 2. The summed E-state index contributed by atoms with van der Waals surface area (Å²) in [7, 11) is 0. The first-order chi connectivity index (χ1) is 23.7. The second-order valence-corrected chi connectivity index (χ2v) is 13.9. The molecule has 18 heteroatoms. The van der Waals surface area contributed by atoms with E-state index < -0.39 is 34.5 Å². The van der Waals surface area contributed by atoms with Crippen molar-refractivity contribution < 1.29 is 27.9 Å². The van der Waals surface area contributed by atoms with E-state index in [9.17, 15) is 32.7 Å². The highest BCUT2D eigenvalue weighted by atomic mass is 35.5. The normalized spacial score (nSPS) is 17.0. The number of nitrogens with zero attached hydrogens (tertiary/aromatic N) is 8. The van der Waals surface area contributed by atoms with E-state index in [0.29, 0.717) is 35.5 Å². The van der Waals surface area contributed by atoms with Crippen LogP contribution in [0.25, 0.3) is 16.6 Å². The molecule has 1 aliphatic heterocycles. The lowest BCUT2D eigenvalue weighted by molar-refractivity contribution is -0.137. The zero-order valence-electron chi connectivity index (χ0n) is 26.9. The van der Waals surface area contributed by atoms with E-state index in [4.69, 9.17) is 11.6 Å². The number of benzene rings is 1. The van der Waals surface area contributed by atoms with Crippen LogP contribution < -0.4 is 10.9 Å². The Morgan fingerprint density at radius 3 is 2.56 bits per heavy atom. The van der Waals surface area contributed by atoms with E-state index in [1.54, 1.807) is 16.4 Å². The van der Waals surface area contributed by atoms with Gasteiger partial charge in [0.05, 0.1) is 22.0 Å². The van der Waals surface area contributed by atoms with Crippen molar-refractivity contribution in [3.8, 4) is 16.6 Å². The van der Waals surface area contributed by atoms with Gasteiger partial charge < -0.3 is 19.9 Å². The van der Waals surface area contributed by atoms with Crippen LogP contribution in [-0.2, 0) is 22.9 Å². The monoisotopic (exact) mass is 727 g/mol. The van der Waals surface area contributed by atoms with Crippen molar-refractivity contribution in [2.75, 3.05) is 18.4 Å². The summed E-state index contributed by atoms with van der Waals surface area (Å²) < 4.78 is 42.4. The number of amides is 2. The van der Waals surface area contributed by atoms with Crippen LogP contribution in [0.1, 0.15) is 70.8 Å². The first-order valence-electron chi connectivity index (χ1n) is 15.6. The zero-order chi connectivity index (χ0) is 35.7. The number of likely N-dealkylation sites (tertiary alicyclic amines) is 1. The maximum Gasteiger partial charge on any atom is 0.416 e. The minimum absolute atomic E-state index is 0.00901. The van der Waals surface area contributed by atoms with Gasteiger partial charge in [0.2, 0.25) is 17.5 Å². The quantitative estimate of drug-likeness (QED) is 0.251. The number of rotatable bonds is 5. The highest BCUT2D eigenvalue weighted by molar-refractivity contribution is 7.13. The van der Waals surface area contributed by atoms with Crippen LogP contribution >= 0.6 is 22.9 Å². The van der Waals surface area contributed by atoms with Crippen LogP contribution in [0.3, 0.4) is 0 Å². The maximum atomic E-state index is 14.4. The number of carbonyl (C=O) groups excluding carboxylic acids is 2. The van der Waals surface area contributed by atoms with Gasteiger partial charge in [-0.1, -0.05) is 18.5 Å². The second-order valence-electron chi connectivity index (χ2n) is 12.7. The van der Waals surface area contributed by atoms with Gasteiger partial charge in [0.1, 0.15) is 12.9 Å². The number of thiazole rings is 1. The molecule has 0 radical (unpaired) electrons. The number of aromatic nitrogens is 7. The Morgan fingerprint density at radius 2 is 1.90 bits per heavy atom. The molecule has 1 saturated heterocycles. The minimum Gasteiger partial charge on any atom is -0.504 e. The molecule has 1 atom stereocenters. The minimum atomic E-state index is -4.61. The molecule has 7 rings (SSSR count). The molecule has 1 spiro atoms. The Kier molecular flexibility index (Phi) is 8.16. The standard InChI is InChI=1S/C32H29ClF3N9O4S/c1-15-11-31(6-8-43(9-7-31)29(49)23-25(47)17(3)37-14-38-23)22-24(15)44(12-21(46)40-20-5-4-18(10-19(20)33)32(34,35)36)30-41-26(42-45(30)28(22)48)27-39-16(2)13-50-27/h4-5,10,13-15,47H,6-9,11-12H2,1-3H3,(H,40,46). The van der Waals surface area contributed by atoms with Gasteiger partial charge in [0, 0.05) is 40.8 Å². The molecular weight excluding hydrogens is 699 g/mol.